The molecule has 3 rings (SSSR count). The van der Waals surface area contributed by atoms with Crippen LogP contribution in [0.15, 0.2) is 41.4 Å². The van der Waals surface area contributed by atoms with E-state index in [9.17, 15) is 13.5 Å². The van der Waals surface area contributed by atoms with Crippen LogP contribution in [0.25, 0.3) is 0 Å². The van der Waals surface area contributed by atoms with Crippen LogP contribution in [0.3, 0.4) is 0 Å². The Morgan fingerprint density at radius 2 is 1.96 bits per heavy atom. The number of pyridine rings is 1. The molecule has 7 heteroatoms. The molecular weight excluding hydrogens is 352 g/mol. The predicted octanol–water partition coefficient (Wildman–Crippen LogP) is 2.50. The van der Waals surface area contributed by atoms with Crippen molar-refractivity contribution >= 4 is 10.0 Å². The minimum Gasteiger partial charge on any atom is -0.496 e. The van der Waals surface area contributed by atoms with Gasteiger partial charge in [0.25, 0.3) is 0 Å². The number of benzene rings is 1. The summed E-state index contributed by atoms with van der Waals surface area (Å²) in [6.45, 7) is 3.56. The SMILES string of the molecule is COc1cc(C)c(S(=O)(=O)N[C@H](c2ccccn2)C2CC(O)C2)cc1C. The molecular formula is C19H24N2O4S. The molecule has 0 saturated heterocycles. The third-order valence-corrected chi connectivity index (χ3v) is 6.47. The molecule has 6 nitrogen and oxygen atoms in total. The summed E-state index contributed by atoms with van der Waals surface area (Å²) in [5.74, 6) is 0.680. The summed E-state index contributed by atoms with van der Waals surface area (Å²) in [5, 5.41) is 9.66. The van der Waals surface area contributed by atoms with E-state index in [1.165, 1.54) is 0 Å². The standard InChI is InChI=1S/C19H24N2O4S/c1-12-9-18(13(2)8-17(12)25-3)26(23,24)21-19(14-10-15(22)11-14)16-6-4-5-7-20-16/h4-9,14-15,19,21-22H,10-11H2,1-3H3/t14?,15?,19-/m0/s1. The van der Waals surface area contributed by atoms with Crippen molar-refractivity contribution in [1.82, 2.24) is 9.71 Å². The molecule has 1 saturated carbocycles. The lowest BCUT2D eigenvalue weighted by molar-refractivity contribution is 0.0273. The summed E-state index contributed by atoms with van der Waals surface area (Å²) < 4.78 is 34.2. The average molecular weight is 376 g/mol. The van der Waals surface area contributed by atoms with Gasteiger partial charge in [0, 0.05) is 6.20 Å². The fourth-order valence-electron chi connectivity index (χ4n) is 3.36. The number of nitrogens with zero attached hydrogens (tertiary/aromatic N) is 1. The molecule has 0 radical (unpaired) electrons. The minimum atomic E-state index is -3.75. The van der Waals surface area contributed by atoms with Crippen LogP contribution in [0, 0.1) is 19.8 Å². The average Bonchev–Trinajstić information content (AvgIpc) is 2.59. The largest absolute Gasteiger partial charge is 0.496 e. The number of sulfonamides is 1. The summed E-state index contributed by atoms with van der Waals surface area (Å²) in [6.07, 6.45) is 2.39. The number of ether oxygens (including phenoxy) is 1. The van der Waals surface area contributed by atoms with E-state index in [4.69, 9.17) is 4.74 Å². The summed E-state index contributed by atoms with van der Waals surface area (Å²) >= 11 is 0. The van der Waals surface area contributed by atoms with Crippen molar-refractivity contribution in [3.8, 4) is 5.75 Å². The van der Waals surface area contributed by atoms with Gasteiger partial charge in [-0.25, -0.2) is 13.1 Å². The third-order valence-electron chi connectivity index (χ3n) is 4.89. The summed E-state index contributed by atoms with van der Waals surface area (Å²) in [4.78, 5) is 4.56. The van der Waals surface area contributed by atoms with Crippen LogP contribution in [-0.2, 0) is 10.0 Å². The topological polar surface area (TPSA) is 88.5 Å². The molecule has 1 fully saturated rings. The maximum Gasteiger partial charge on any atom is 0.241 e. The molecule has 1 aromatic heterocycles. The molecule has 0 unspecified atom stereocenters. The molecule has 2 aromatic rings. The first-order chi connectivity index (χ1) is 12.3. The summed E-state index contributed by atoms with van der Waals surface area (Å²) in [6, 6.07) is 8.33. The Balaban J connectivity index is 1.94. The Morgan fingerprint density at radius 1 is 1.23 bits per heavy atom. The monoisotopic (exact) mass is 376 g/mol. The van der Waals surface area contributed by atoms with Gasteiger partial charge in [0.15, 0.2) is 0 Å². The van der Waals surface area contributed by atoms with E-state index in [1.54, 1.807) is 38.4 Å². The highest BCUT2D eigenvalue weighted by atomic mass is 32.2. The van der Waals surface area contributed by atoms with Gasteiger partial charge in [0.05, 0.1) is 29.8 Å². The van der Waals surface area contributed by atoms with E-state index >= 15 is 0 Å². The van der Waals surface area contributed by atoms with Crippen molar-refractivity contribution in [1.29, 1.82) is 0 Å². The Kier molecular flexibility index (Phi) is 5.32. The molecule has 140 valence electrons. The molecule has 1 aromatic carbocycles. The number of aliphatic hydroxyl groups is 1. The zero-order valence-corrected chi connectivity index (χ0v) is 16.0. The molecule has 1 aliphatic rings. The highest BCUT2D eigenvalue weighted by Gasteiger charge is 2.38. The van der Waals surface area contributed by atoms with Crippen LogP contribution < -0.4 is 9.46 Å². The van der Waals surface area contributed by atoms with E-state index in [0.717, 1.165) is 5.56 Å². The molecule has 1 aliphatic carbocycles. The number of aryl methyl sites for hydroxylation is 2. The molecule has 1 heterocycles. The van der Waals surface area contributed by atoms with Gasteiger partial charge in [-0.3, -0.25) is 4.98 Å². The number of aliphatic hydroxyl groups excluding tert-OH is 1. The van der Waals surface area contributed by atoms with Crippen molar-refractivity contribution in [2.75, 3.05) is 7.11 Å². The normalized spacial score (nSPS) is 21.1. The predicted molar refractivity (Wildman–Crippen MR) is 98.5 cm³/mol. The van der Waals surface area contributed by atoms with E-state index in [2.05, 4.69) is 9.71 Å². The molecule has 26 heavy (non-hydrogen) atoms. The van der Waals surface area contributed by atoms with Crippen LogP contribution >= 0.6 is 0 Å². The van der Waals surface area contributed by atoms with E-state index in [-0.39, 0.29) is 16.9 Å². The van der Waals surface area contributed by atoms with Gasteiger partial charge in [0.2, 0.25) is 10.0 Å². The van der Waals surface area contributed by atoms with Crippen LogP contribution in [0.1, 0.15) is 35.7 Å². The molecule has 0 spiro atoms. The highest BCUT2D eigenvalue weighted by molar-refractivity contribution is 7.89. The van der Waals surface area contributed by atoms with Gasteiger partial charge in [-0.05, 0) is 68.0 Å². The third kappa shape index (κ3) is 3.75. The number of nitrogens with one attached hydrogen (secondary N) is 1. The molecule has 0 bridgehead atoms. The second kappa shape index (κ2) is 7.34. The Labute approximate surface area is 154 Å². The van der Waals surface area contributed by atoms with Gasteiger partial charge < -0.3 is 9.84 Å². The first-order valence-corrected chi connectivity index (χ1v) is 10.1. The lowest BCUT2D eigenvalue weighted by Crippen LogP contribution is -2.41. The fourth-order valence-corrected chi connectivity index (χ4v) is 4.95. The van der Waals surface area contributed by atoms with Crippen molar-refractivity contribution in [2.24, 2.45) is 5.92 Å². The van der Waals surface area contributed by atoms with Crippen LogP contribution in [0.4, 0.5) is 0 Å². The number of methoxy groups -OCH3 is 1. The molecule has 2 N–H and O–H groups in total. The van der Waals surface area contributed by atoms with Crippen LogP contribution in [0.2, 0.25) is 0 Å². The fraction of sp³-hybridized carbons (Fsp3) is 0.421. The second-order valence-corrected chi connectivity index (χ2v) is 8.51. The highest BCUT2D eigenvalue weighted by Crippen LogP contribution is 2.38. The molecule has 0 amide bonds. The lowest BCUT2D eigenvalue weighted by atomic mass is 9.76. The zero-order valence-electron chi connectivity index (χ0n) is 15.1. The number of rotatable bonds is 6. The summed E-state index contributed by atoms with van der Waals surface area (Å²) in [7, 11) is -2.19. The second-order valence-electron chi connectivity index (χ2n) is 6.83. The van der Waals surface area contributed by atoms with E-state index < -0.39 is 16.1 Å². The lowest BCUT2D eigenvalue weighted by Gasteiger charge is -2.37. The quantitative estimate of drug-likeness (QED) is 0.809. The van der Waals surface area contributed by atoms with Crippen LogP contribution in [0.5, 0.6) is 5.75 Å². The van der Waals surface area contributed by atoms with E-state index in [1.807, 2.05) is 19.1 Å². The molecule has 0 aliphatic heterocycles. The van der Waals surface area contributed by atoms with Gasteiger partial charge >= 0.3 is 0 Å². The first kappa shape index (κ1) is 18.8. The number of hydrogen-bond acceptors (Lipinski definition) is 5. The first-order valence-electron chi connectivity index (χ1n) is 8.58. The van der Waals surface area contributed by atoms with Gasteiger partial charge in [-0.1, -0.05) is 6.07 Å². The van der Waals surface area contributed by atoms with Gasteiger partial charge in [-0.15, -0.1) is 0 Å². The van der Waals surface area contributed by atoms with Crippen molar-refractivity contribution in [2.45, 2.75) is 43.7 Å². The Bertz CT molecular complexity index is 878. The van der Waals surface area contributed by atoms with Crippen molar-refractivity contribution in [3.63, 3.8) is 0 Å². The van der Waals surface area contributed by atoms with Crippen molar-refractivity contribution in [3.05, 3.63) is 53.3 Å². The maximum absolute atomic E-state index is 13.1. The maximum atomic E-state index is 13.1. The van der Waals surface area contributed by atoms with Crippen LogP contribution in [-0.4, -0.2) is 31.7 Å². The smallest absolute Gasteiger partial charge is 0.241 e. The summed E-state index contributed by atoms with van der Waals surface area (Å²) in [5.41, 5.74) is 2.04. The van der Waals surface area contributed by atoms with Gasteiger partial charge in [0.1, 0.15) is 5.75 Å². The van der Waals surface area contributed by atoms with Crippen molar-refractivity contribution < 1.29 is 18.3 Å². The number of aromatic nitrogens is 1. The Hall–Kier alpha value is -1.96. The minimum absolute atomic E-state index is 0.0225. The zero-order chi connectivity index (χ0) is 18.9. The number of hydrogen-bond donors (Lipinski definition) is 2. The molecule has 1 atom stereocenters. The van der Waals surface area contributed by atoms with Gasteiger partial charge in [-0.2, -0.15) is 0 Å². The Morgan fingerprint density at radius 3 is 2.54 bits per heavy atom. The van der Waals surface area contributed by atoms with E-state index in [0.29, 0.717) is 29.8 Å².